The van der Waals surface area contributed by atoms with Crippen LogP contribution in [0.15, 0.2) is 0 Å². The number of piperidine rings is 1. The maximum Gasteiger partial charge on any atom is 0.0630 e. The SMILES string of the molecule is COCC(CNC(C)(C)C)N1CCC(N(C)C)CC1. The lowest BCUT2D eigenvalue weighted by Gasteiger charge is -2.40. The number of hydrogen-bond donors (Lipinski definition) is 1. The highest BCUT2D eigenvalue weighted by Gasteiger charge is 2.26. The molecule has 0 aliphatic carbocycles. The lowest BCUT2D eigenvalue weighted by molar-refractivity contribution is 0.0538. The predicted molar refractivity (Wildman–Crippen MR) is 81.7 cm³/mol. The van der Waals surface area contributed by atoms with Gasteiger partial charge in [0, 0.05) is 44.4 Å². The minimum absolute atomic E-state index is 0.175. The minimum atomic E-state index is 0.175. The van der Waals surface area contributed by atoms with E-state index < -0.39 is 0 Å². The van der Waals surface area contributed by atoms with Crippen molar-refractivity contribution in [3.8, 4) is 0 Å². The number of methoxy groups -OCH3 is 1. The third kappa shape index (κ3) is 6.21. The second kappa shape index (κ2) is 7.58. The van der Waals surface area contributed by atoms with E-state index in [1.807, 2.05) is 0 Å². The molecule has 114 valence electrons. The van der Waals surface area contributed by atoms with Gasteiger partial charge in [0.1, 0.15) is 0 Å². The first-order valence-electron chi connectivity index (χ1n) is 7.48. The van der Waals surface area contributed by atoms with Crippen molar-refractivity contribution in [2.45, 2.75) is 51.2 Å². The maximum absolute atomic E-state index is 5.40. The summed E-state index contributed by atoms with van der Waals surface area (Å²) in [5.41, 5.74) is 0.175. The molecule has 1 heterocycles. The molecule has 1 aliphatic rings. The summed E-state index contributed by atoms with van der Waals surface area (Å²) in [6.07, 6.45) is 2.53. The summed E-state index contributed by atoms with van der Waals surface area (Å²) >= 11 is 0. The highest BCUT2D eigenvalue weighted by Crippen LogP contribution is 2.16. The van der Waals surface area contributed by atoms with Gasteiger partial charge in [-0.1, -0.05) is 0 Å². The zero-order valence-electron chi connectivity index (χ0n) is 13.7. The van der Waals surface area contributed by atoms with E-state index in [-0.39, 0.29) is 5.54 Å². The van der Waals surface area contributed by atoms with Gasteiger partial charge in [0.2, 0.25) is 0 Å². The van der Waals surface area contributed by atoms with Crippen molar-refractivity contribution < 1.29 is 4.74 Å². The maximum atomic E-state index is 5.40. The molecule has 0 radical (unpaired) electrons. The van der Waals surface area contributed by atoms with Crippen LogP contribution in [0.2, 0.25) is 0 Å². The van der Waals surface area contributed by atoms with Gasteiger partial charge in [-0.25, -0.2) is 0 Å². The standard InChI is InChI=1S/C15H33N3O/c1-15(2,3)16-11-14(12-19-6)18-9-7-13(8-10-18)17(4)5/h13-14,16H,7-12H2,1-6H3. The smallest absolute Gasteiger partial charge is 0.0630 e. The summed E-state index contributed by atoms with van der Waals surface area (Å²) < 4.78 is 5.40. The number of rotatable bonds is 6. The summed E-state index contributed by atoms with van der Waals surface area (Å²) in [6.45, 7) is 10.8. The van der Waals surface area contributed by atoms with E-state index in [0.717, 1.165) is 19.2 Å². The quantitative estimate of drug-likeness (QED) is 0.791. The lowest BCUT2D eigenvalue weighted by atomic mass is 10.0. The number of likely N-dealkylation sites (tertiary alicyclic amines) is 1. The largest absolute Gasteiger partial charge is 0.383 e. The molecule has 0 amide bonds. The van der Waals surface area contributed by atoms with Gasteiger partial charge < -0.3 is 15.0 Å². The Morgan fingerprint density at radius 1 is 1.26 bits per heavy atom. The number of hydrogen-bond acceptors (Lipinski definition) is 4. The molecule has 1 N–H and O–H groups in total. The molecule has 1 saturated heterocycles. The first kappa shape index (κ1) is 16.9. The molecule has 0 spiro atoms. The second-order valence-electron chi connectivity index (χ2n) is 6.97. The van der Waals surface area contributed by atoms with Crippen molar-refractivity contribution in [3.05, 3.63) is 0 Å². The highest BCUT2D eigenvalue weighted by molar-refractivity contribution is 4.84. The summed E-state index contributed by atoms with van der Waals surface area (Å²) in [6, 6.07) is 1.24. The highest BCUT2D eigenvalue weighted by atomic mass is 16.5. The summed E-state index contributed by atoms with van der Waals surface area (Å²) in [5, 5.41) is 3.61. The van der Waals surface area contributed by atoms with Crippen molar-refractivity contribution in [2.75, 3.05) is 47.4 Å². The Hall–Kier alpha value is -0.160. The molecule has 0 saturated carbocycles. The zero-order valence-corrected chi connectivity index (χ0v) is 13.7. The van der Waals surface area contributed by atoms with Crippen molar-refractivity contribution in [2.24, 2.45) is 0 Å². The first-order chi connectivity index (χ1) is 8.83. The molecular formula is C15H33N3O. The van der Waals surface area contributed by atoms with Crippen molar-refractivity contribution in [3.63, 3.8) is 0 Å². The Labute approximate surface area is 119 Å². The van der Waals surface area contributed by atoms with E-state index in [0.29, 0.717) is 6.04 Å². The van der Waals surface area contributed by atoms with E-state index >= 15 is 0 Å². The van der Waals surface area contributed by atoms with Crippen LogP contribution in [0.3, 0.4) is 0 Å². The fourth-order valence-corrected chi connectivity index (χ4v) is 2.68. The van der Waals surface area contributed by atoms with E-state index in [1.54, 1.807) is 7.11 Å². The Kier molecular flexibility index (Phi) is 6.74. The topological polar surface area (TPSA) is 27.7 Å². The lowest BCUT2D eigenvalue weighted by Crippen LogP contribution is -2.53. The molecule has 4 heteroatoms. The Morgan fingerprint density at radius 3 is 2.26 bits per heavy atom. The molecule has 0 aromatic carbocycles. The molecule has 0 aromatic rings. The van der Waals surface area contributed by atoms with Gasteiger partial charge in [0.15, 0.2) is 0 Å². The average Bonchev–Trinajstić information content (AvgIpc) is 2.33. The predicted octanol–water partition coefficient (Wildman–Crippen LogP) is 1.42. The van der Waals surface area contributed by atoms with Gasteiger partial charge in [0.05, 0.1) is 6.61 Å². The van der Waals surface area contributed by atoms with Gasteiger partial charge in [0.25, 0.3) is 0 Å². The number of nitrogens with zero attached hydrogens (tertiary/aromatic N) is 2. The van der Waals surface area contributed by atoms with Gasteiger partial charge in [-0.2, -0.15) is 0 Å². The molecule has 0 bridgehead atoms. The van der Waals surface area contributed by atoms with E-state index in [9.17, 15) is 0 Å². The van der Waals surface area contributed by atoms with E-state index in [1.165, 1.54) is 25.9 Å². The van der Waals surface area contributed by atoms with Crippen molar-refractivity contribution >= 4 is 0 Å². The fourth-order valence-electron chi connectivity index (χ4n) is 2.68. The molecule has 1 rings (SSSR count). The van der Waals surface area contributed by atoms with E-state index in [4.69, 9.17) is 4.74 Å². The van der Waals surface area contributed by atoms with Crippen LogP contribution in [0.5, 0.6) is 0 Å². The summed E-state index contributed by atoms with van der Waals surface area (Å²) in [7, 11) is 6.18. The van der Waals surface area contributed by atoms with Crippen molar-refractivity contribution in [1.82, 2.24) is 15.1 Å². The molecule has 19 heavy (non-hydrogen) atoms. The van der Waals surface area contributed by atoms with Gasteiger partial charge in [-0.05, 0) is 47.7 Å². The van der Waals surface area contributed by atoms with E-state index in [2.05, 4.69) is 50.0 Å². The molecule has 1 atom stereocenters. The van der Waals surface area contributed by atoms with Crippen LogP contribution in [0.1, 0.15) is 33.6 Å². The summed E-state index contributed by atoms with van der Waals surface area (Å²) in [4.78, 5) is 4.94. The van der Waals surface area contributed by atoms with Crippen LogP contribution in [0.25, 0.3) is 0 Å². The third-order valence-corrected chi connectivity index (χ3v) is 3.97. The van der Waals surface area contributed by atoms with Gasteiger partial charge >= 0.3 is 0 Å². The van der Waals surface area contributed by atoms with Gasteiger partial charge in [-0.15, -0.1) is 0 Å². The van der Waals surface area contributed by atoms with Crippen molar-refractivity contribution in [1.29, 1.82) is 0 Å². The number of nitrogens with one attached hydrogen (secondary N) is 1. The monoisotopic (exact) mass is 271 g/mol. The number of ether oxygens (including phenoxy) is 1. The molecular weight excluding hydrogens is 238 g/mol. The van der Waals surface area contributed by atoms with Gasteiger partial charge in [-0.3, -0.25) is 4.90 Å². The van der Waals surface area contributed by atoms with Crippen LogP contribution in [0, 0.1) is 0 Å². The van der Waals surface area contributed by atoms with Crippen LogP contribution in [-0.4, -0.2) is 74.9 Å². The normalized spacial score (nSPS) is 21.0. The Bertz CT molecular complexity index is 242. The molecule has 1 fully saturated rings. The fraction of sp³-hybridized carbons (Fsp3) is 1.00. The van der Waals surface area contributed by atoms with Crippen LogP contribution < -0.4 is 5.32 Å². The zero-order chi connectivity index (χ0) is 14.5. The summed E-state index contributed by atoms with van der Waals surface area (Å²) in [5.74, 6) is 0. The molecule has 0 aromatic heterocycles. The van der Waals surface area contributed by atoms with Crippen LogP contribution >= 0.6 is 0 Å². The Morgan fingerprint density at radius 2 is 1.84 bits per heavy atom. The second-order valence-corrected chi connectivity index (χ2v) is 6.97. The van der Waals surface area contributed by atoms with Crippen LogP contribution in [-0.2, 0) is 4.74 Å². The minimum Gasteiger partial charge on any atom is -0.383 e. The average molecular weight is 271 g/mol. The van der Waals surface area contributed by atoms with Crippen LogP contribution in [0.4, 0.5) is 0 Å². The molecule has 1 aliphatic heterocycles. The molecule has 4 nitrogen and oxygen atoms in total. The molecule has 1 unspecified atom stereocenters. The third-order valence-electron chi connectivity index (χ3n) is 3.97. The Balaban J connectivity index is 2.44. The first-order valence-corrected chi connectivity index (χ1v) is 7.48.